The monoisotopic (exact) mass is 681 g/mol. The van der Waals surface area contributed by atoms with Crippen molar-refractivity contribution in [1.29, 1.82) is 0 Å². The number of ether oxygens (including phenoxy) is 1. The molecule has 0 saturated carbocycles. The van der Waals surface area contributed by atoms with Gasteiger partial charge in [0.15, 0.2) is 0 Å². The molecule has 0 unspecified atom stereocenters. The number of nitrogens with zero attached hydrogens (tertiary/aromatic N) is 2. The average molecular weight is 683 g/mol. The van der Waals surface area contributed by atoms with Crippen LogP contribution in [0.1, 0.15) is 32.8 Å². The molecule has 4 aromatic rings. The number of sulfonamides is 1. The van der Waals surface area contributed by atoms with E-state index in [1.54, 1.807) is 67.6 Å². The molecule has 242 valence electrons. The number of para-hydroxylation sites is 1. The molecular formula is C35H37Cl2N3O5S. The van der Waals surface area contributed by atoms with Crippen LogP contribution >= 0.6 is 23.2 Å². The van der Waals surface area contributed by atoms with E-state index in [9.17, 15) is 18.0 Å². The second-order valence-electron chi connectivity index (χ2n) is 11.1. The third-order valence-corrected chi connectivity index (χ3v) is 9.65. The molecule has 0 aromatic heterocycles. The van der Waals surface area contributed by atoms with Gasteiger partial charge in [-0.2, -0.15) is 0 Å². The molecule has 0 radical (unpaired) electrons. The molecule has 1 atom stereocenters. The first kappa shape index (κ1) is 34.8. The van der Waals surface area contributed by atoms with Crippen molar-refractivity contribution < 1.29 is 22.7 Å². The summed E-state index contributed by atoms with van der Waals surface area (Å²) in [6, 6.07) is 27.6. The van der Waals surface area contributed by atoms with Gasteiger partial charge in [-0.15, -0.1) is 0 Å². The van der Waals surface area contributed by atoms with Crippen molar-refractivity contribution in [3.63, 3.8) is 0 Å². The molecule has 0 spiro atoms. The van der Waals surface area contributed by atoms with Crippen molar-refractivity contribution in [3.05, 3.63) is 119 Å². The number of carbonyl (C=O) groups is 2. The minimum absolute atomic E-state index is 0.00635. The first-order valence-corrected chi connectivity index (χ1v) is 17.1. The fourth-order valence-electron chi connectivity index (χ4n) is 4.73. The van der Waals surface area contributed by atoms with Crippen LogP contribution < -0.4 is 14.4 Å². The Morgan fingerprint density at radius 2 is 1.43 bits per heavy atom. The van der Waals surface area contributed by atoms with Gasteiger partial charge in [-0.25, -0.2) is 8.42 Å². The number of hydrogen-bond acceptors (Lipinski definition) is 5. The Bertz CT molecular complexity index is 1720. The van der Waals surface area contributed by atoms with Gasteiger partial charge in [-0.05, 0) is 78.6 Å². The number of anilines is 1. The van der Waals surface area contributed by atoms with E-state index >= 15 is 0 Å². The smallest absolute Gasteiger partial charge is 0.264 e. The molecule has 0 aliphatic rings. The van der Waals surface area contributed by atoms with Crippen LogP contribution in [0, 0.1) is 5.92 Å². The Labute approximate surface area is 280 Å². The maximum Gasteiger partial charge on any atom is 0.264 e. The van der Waals surface area contributed by atoms with Crippen LogP contribution in [0.25, 0.3) is 0 Å². The number of rotatable bonds is 14. The molecule has 2 amide bonds. The summed E-state index contributed by atoms with van der Waals surface area (Å²) in [5.74, 6) is 0.415. The number of amides is 2. The molecule has 0 heterocycles. The molecule has 8 nitrogen and oxygen atoms in total. The van der Waals surface area contributed by atoms with E-state index in [4.69, 9.17) is 27.9 Å². The summed E-state index contributed by atoms with van der Waals surface area (Å²) in [6.45, 7) is 5.62. The summed E-state index contributed by atoms with van der Waals surface area (Å²) >= 11 is 12.4. The van der Waals surface area contributed by atoms with Crippen LogP contribution in [0.15, 0.2) is 108 Å². The van der Waals surface area contributed by atoms with Gasteiger partial charge in [0.2, 0.25) is 11.8 Å². The number of benzene rings is 4. The van der Waals surface area contributed by atoms with Crippen LogP contribution in [0.5, 0.6) is 11.5 Å². The van der Waals surface area contributed by atoms with Gasteiger partial charge in [-0.1, -0.05) is 86.4 Å². The normalized spacial score (nSPS) is 12.0. The van der Waals surface area contributed by atoms with Gasteiger partial charge in [0.1, 0.15) is 24.1 Å². The predicted molar refractivity (Wildman–Crippen MR) is 183 cm³/mol. The molecule has 0 aliphatic carbocycles. The van der Waals surface area contributed by atoms with Crippen LogP contribution in [-0.4, -0.2) is 44.3 Å². The summed E-state index contributed by atoms with van der Waals surface area (Å²) < 4.78 is 35.1. The first-order valence-electron chi connectivity index (χ1n) is 14.9. The van der Waals surface area contributed by atoms with Gasteiger partial charge in [0, 0.05) is 13.1 Å². The van der Waals surface area contributed by atoms with Gasteiger partial charge in [0.05, 0.1) is 20.6 Å². The zero-order chi connectivity index (χ0) is 33.3. The minimum atomic E-state index is -4.21. The lowest BCUT2D eigenvalue weighted by atomic mass is 10.1. The number of halogens is 2. The Morgan fingerprint density at radius 1 is 0.826 bits per heavy atom. The summed E-state index contributed by atoms with van der Waals surface area (Å²) in [7, 11) is -4.21. The van der Waals surface area contributed by atoms with Crippen molar-refractivity contribution in [1.82, 2.24) is 10.2 Å². The highest BCUT2D eigenvalue weighted by Gasteiger charge is 2.33. The molecule has 4 aromatic carbocycles. The topological polar surface area (TPSA) is 96.0 Å². The summed E-state index contributed by atoms with van der Waals surface area (Å²) in [6.07, 6.45) is 0.300. The molecule has 1 N–H and O–H groups in total. The average Bonchev–Trinajstić information content (AvgIpc) is 3.05. The maximum atomic E-state index is 14.3. The second-order valence-corrected chi connectivity index (χ2v) is 13.7. The van der Waals surface area contributed by atoms with Crippen molar-refractivity contribution >= 4 is 50.7 Å². The highest BCUT2D eigenvalue weighted by molar-refractivity contribution is 7.92. The molecule has 11 heteroatoms. The Morgan fingerprint density at radius 3 is 2.02 bits per heavy atom. The lowest BCUT2D eigenvalue weighted by Crippen LogP contribution is -2.52. The standard InChI is InChI=1S/C35H37Cl2N3O5S/c1-4-33(35(42)38-22-25(2)3)39(23-26-15-20-31(36)32(37)21-26)34(41)24-40(46(43,44)30-13-9-6-10-14-30)27-16-18-29(19-17-27)45-28-11-7-5-8-12-28/h5-21,25,33H,4,22-24H2,1-3H3,(H,38,42)/t33-/m0/s1. The molecule has 0 fully saturated rings. The SMILES string of the molecule is CC[C@@H](C(=O)NCC(C)C)N(Cc1ccc(Cl)c(Cl)c1)C(=O)CN(c1ccc(Oc2ccccc2)cc1)S(=O)(=O)c1ccccc1. The molecule has 0 aliphatic heterocycles. The fraction of sp³-hybridized carbons (Fsp3) is 0.257. The molecule has 4 rings (SSSR count). The van der Waals surface area contributed by atoms with E-state index in [1.165, 1.54) is 17.0 Å². The number of nitrogens with one attached hydrogen (secondary N) is 1. The van der Waals surface area contributed by atoms with E-state index in [1.807, 2.05) is 44.2 Å². The number of hydrogen-bond donors (Lipinski definition) is 1. The predicted octanol–water partition coefficient (Wildman–Crippen LogP) is 7.56. The van der Waals surface area contributed by atoms with Crippen LogP contribution in [0.4, 0.5) is 5.69 Å². The lowest BCUT2D eigenvalue weighted by Gasteiger charge is -2.33. The van der Waals surface area contributed by atoms with Crippen molar-refractivity contribution in [2.24, 2.45) is 5.92 Å². The van der Waals surface area contributed by atoms with E-state index in [2.05, 4.69) is 5.32 Å². The van der Waals surface area contributed by atoms with E-state index in [0.29, 0.717) is 40.1 Å². The van der Waals surface area contributed by atoms with E-state index < -0.39 is 28.5 Å². The summed E-state index contributed by atoms with van der Waals surface area (Å²) in [5, 5.41) is 3.57. The van der Waals surface area contributed by atoms with Crippen LogP contribution in [0.2, 0.25) is 10.0 Å². The van der Waals surface area contributed by atoms with E-state index in [-0.39, 0.29) is 29.0 Å². The molecule has 0 bridgehead atoms. The largest absolute Gasteiger partial charge is 0.457 e. The molecular weight excluding hydrogens is 645 g/mol. The van der Waals surface area contributed by atoms with E-state index in [0.717, 1.165) is 4.31 Å². The second kappa shape index (κ2) is 16.0. The fourth-order valence-corrected chi connectivity index (χ4v) is 6.49. The number of carbonyl (C=O) groups excluding carboxylic acids is 2. The van der Waals surface area contributed by atoms with Crippen LogP contribution in [0.3, 0.4) is 0 Å². The lowest BCUT2D eigenvalue weighted by molar-refractivity contribution is -0.140. The highest BCUT2D eigenvalue weighted by Crippen LogP contribution is 2.29. The zero-order valence-electron chi connectivity index (χ0n) is 25.9. The summed E-state index contributed by atoms with van der Waals surface area (Å²) in [4.78, 5) is 29.1. The third-order valence-electron chi connectivity index (χ3n) is 7.12. The Balaban J connectivity index is 1.72. The molecule has 0 saturated heterocycles. The maximum absolute atomic E-state index is 14.3. The first-order chi connectivity index (χ1) is 22.0. The Kier molecular flexibility index (Phi) is 12.1. The van der Waals surface area contributed by atoms with Gasteiger partial charge in [0.25, 0.3) is 10.0 Å². The van der Waals surface area contributed by atoms with Crippen LogP contribution in [-0.2, 0) is 26.2 Å². The minimum Gasteiger partial charge on any atom is -0.457 e. The van der Waals surface area contributed by atoms with Gasteiger partial charge >= 0.3 is 0 Å². The van der Waals surface area contributed by atoms with Crippen molar-refractivity contribution in [2.75, 3.05) is 17.4 Å². The van der Waals surface area contributed by atoms with Crippen molar-refractivity contribution in [3.8, 4) is 11.5 Å². The quantitative estimate of drug-likeness (QED) is 0.148. The van der Waals surface area contributed by atoms with Crippen molar-refractivity contribution in [2.45, 2.75) is 44.7 Å². The zero-order valence-corrected chi connectivity index (χ0v) is 28.2. The third kappa shape index (κ3) is 9.02. The Hall–Kier alpha value is -4.05. The molecule has 46 heavy (non-hydrogen) atoms. The summed E-state index contributed by atoms with van der Waals surface area (Å²) in [5.41, 5.74) is 0.891. The van der Waals surface area contributed by atoms with Gasteiger partial charge in [-0.3, -0.25) is 13.9 Å². The highest BCUT2D eigenvalue weighted by atomic mass is 35.5. The van der Waals surface area contributed by atoms with Gasteiger partial charge < -0.3 is 15.0 Å².